The van der Waals surface area contributed by atoms with Crippen LogP contribution < -0.4 is 15.8 Å². The molecule has 0 unspecified atom stereocenters. The van der Waals surface area contributed by atoms with Crippen molar-refractivity contribution in [1.29, 1.82) is 0 Å². The number of anilines is 2. The van der Waals surface area contributed by atoms with Crippen molar-refractivity contribution >= 4 is 17.5 Å². The first kappa shape index (κ1) is 15.1. The van der Waals surface area contributed by atoms with Crippen molar-refractivity contribution in [3.05, 3.63) is 40.8 Å². The molecule has 120 valence electrons. The van der Waals surface area contributed by atoms with E-state index in [1.807, 2.05) is 0 Å². The van der Waals surface area contributed by atoms with Gasteiger partial charge in [-0.15, -0.1) is 0 Å². The molecule has 0 atom stereocenters. The maximum Gasteiger partial charge on any atom is 0.253 e. The van der Waals surface area contributed by atoms with Crippen molar-refractivity contribution in [2.45, 2.75) is 26.3 Å². The van der Waals surface area contributed by atoms with Crippen LogP contribution in [0.3, 0.4) is 0 Å². The molecule has 23 heavy (non-hydrogen) atoms. The highest BCUT2D eigenvalue weighted by atomic mass is 16.2. The molecular formula is C15H18N6O2. The van der Waals surface area contributed by atoms with Gasteiger partial charge in [0.15, 0.2) is 0 Å². The lowest BCUT2D eigenvalue weighted by atomic mass is 10.4. The van der Waals surface area contributed by atoms with Crippen molar-refractivity contribution in [2.75, 3.05) is 23.3 Å². The monoisotopic (exact) mass is 314 g/mol. The second-order valence-corrected chi connectivity index (χ2v) is 5.51. The van der Waals surface area contributed by atoms with E-state index in [-0.39, 0.29) is 18.0 Å². The van der Waals surface area contributed by atoms with Gasteiger partial charge in [-0.25, -0.2) is 15.0 Å². The molecule has 8 heteroatoms. The molecule has 1 N–H and O–H groups in total. The highest BCUT2D eigenvalue weighted by molar-refractivity contribution is 5.90. The molecule has 0 spiro atoms. The summed E-state index contributed by atoms with van der Waals surface area (Å²) in [4.78, 5) is 38.4. The Labute approximate surface area is 133 Å². The molecule has 1 saturated heterocycles. The summed E-state index contributed by atoms with van der Waals surface area (Å²) < 4.78 is 1.25. The molecule has 0 radical (unpaired) electrons. The Bertz CT molecular complexity index is 749. The zero-order valence-electron chi connectivity index (χ0n) is 12.9. The number of hydrogen-bond donors (Lipinski definition) is 1. The van der Waals surface area contributed by atoms with E-state index in [4.69, 9.17) is 0 Å². The van der Waals surface area contributed by atoms with Crippen LogP contribution in [0.1, 0.15) is 18.5 Å². The maximum absolute atomic E-state index is 12.0. The minimum Gasteiger partial charge on any atom is -0.341 e. The van der Waals surface area contributed by atoms with Gasteiger partial charge in [0.1, 0.15) is 6.54 Å². The summed E-state index contributed by atoms with van der Waals surface area (Å²) in [5.41, 5.74) is 0.872. The van der Waals surface area contributed by atoms with Crippen molar-refractivity contribution in [3.63, 3.8) is 0 Å². The van der Waals surface area contributed by atoms with Crippen molar-refractivity contribution in [1.82, 2.24) is 19.5 Å². The van der Waals surface area contributed by atoms with E-state index >= 15 is 0 Å². The van der Waals surface area contributed by atoms with Gasteiger partial charge in [0.2, 0.25) is 11.9 Å². The van der Waals surface area contributed by atoms with Crippen LogP contribution in [-0.4, -0.2) is 38.5 Å². The SMILES string of the molecule is Cc1cc(=O)n(CC(=O)Nc2cnc(N3CCCC3)nc2)cn1. The Hall–Kier alpha value is -2.77. The third-order valence-electron chi connectivity index (χ3n) is 3.64. The van der Waals surface area contributed by atoms with E-state index in [2.05, 4.69) is 25.2 Å². The zero-order valence-corrected chi connectivity index (χ0v) is 12.9. The molecule has 0 saturated carbocycles. The predicted octanol–water partition coefficient (Wildman–Crippen LogP) is 0.581. The molecule has 8 nitrogen and oxygen atoms in total. The van der Waals surface area contributed by atoms with Gasteiger partial charge in [0.05, 0.1) is 24.4 Å². The molecule has 1 aliphatic heterocycles. The summed E-state index contributed by atoms with van der Waals surface area (Å²) in [6.07, 6.45) is 6.83. The number of carbonyl (C=O) groups excluding carboxylic acids is 1. The van der Waals surface area contributed by atoms with Gasteiger partial charge in [0, 0.05) is 24.8 Å². The molecule has 1 amide bonds. The van der Waals surface area contributed by atoms with Gasteiger partial charge in [-0.3, -0.25) is 14.2 Å². The number of carbonyl (C=O) groups is 1. The summed E-state index contributed by atoms with van der Waals surface area (Å²) in [5.74, 6) is 0.356. The second kappa shape index (κ2) is 6.55. The second-order valence-electron chi connectivity index (χ2n) is 5.51. The molecule has 2 aromatic rings. The lowest BCUT2D eigenvalue weighted by Gasteiger charge is -2.14. The fourth-order valence-corrected chi connectivity index (χ4v) is 2.46. The Kier molecular flexibility index (Phi) is 4.31. The number of nitrogens with zero attached hydrogens (tertiary/aromatic N) is 5. The minimum absolute atomic E-state index is 0.0972. The highest BCUT2D eigenvalue weighted by Gasteiger charge is 2.14. The lowest BCUT2D eigenvalue weighted by Crippen LogP contribution is -2.27. The predicted molar refractivity (Wildman–Crippen MR) is 85.3 cm³/mol. The first-order valence-electron chi connectivity index (χ1n) is 7.52. The normalized spacial score (nSPS) is 14.0. The standard InChI is InChI=1S/C15H18N6O2/c1-11-6-14(23)21(10-18-11)9-13(22)19-12-7-16-15(17-8-12)20-4-2-3-5-20/h6-8,10H,2-5,9H2,1H3,(H,19,22). The number of aromatic nitrogens is 4. The fourth-order valence-electron chi connectivity index (χ4n) is 2.46. The van der Waals surface area contributed by atoms with E-state index in [0.29, 0.717) is 17.3 Å². The molecule has 0 aromatic carbocycles. The molecule has 0 bridgehead atoms. The molecule has 2 aromatic heterocycles. The number of hydrogen-bond acceptors (Lipinski definition) is 6. The number of aryl methyl sites for hydroxylation is 1. The van der Waals surface area contributed by atoms with Crippen LogP contribution >= 0.6 is 0 Å². The smallest absolute Gasteiger partial charge is 0.253 e. The van der Waals surface area contributed by atoms with Crippen LogP contribution in [0.15, 0.2) is 29.6 Å². The summed E-state index contributed by atoms with van der Waals surface area (Å²) >= 11 is 0. The number of rotatable bonds is 4. The van der Waals surface area contributed by atoms with Gasteiger partial charge < -0.3 is 10.2 Å². The van der Waals surface area contributed by atoms with E-state index in [0.717, 1.165) is 25.9 Å². The summed E-state index contributed by atoms with van der Waals surface area (Å²) in [6, 6.07) is 1.39. The van der Waals surface area contributed by atoms with Crippen LogP contribution in [0.4, 0.5) is 11.6 Å². The van der Waals surface area contributed by atoms with Gasteiger partial charge in [0.25, 0.3) is 5.56 Å². The highest BCUT2D eigenvalue weighted by Crippen LogP contribution is 2.16. The number of nitrogens with one attached hydrogen (secondary N) is 1. The Balaban J connectivity index is 1.62. The number of amides is 1. The van der Waals surface area contributed by atoms with E-state index in [1.54, 1.807) is 19.3 Å². The maximum atomic E-state index is 12.0. The van der Waals surface area contributed by atoms with Crippen molar-refractivity contribution in [3.8, 4) is 0 Å². The largest absolute Gasteiger partial charge is 0.341 e. The van der Waals surface area contributed by atoms with Crippen LogP contribution in [0, 0.1) is 6.92 Å². The van der Waals surface area contributed by atoms with E-state index < -0.39 is 0 Å². The van der Waals surface area contributed by atoms with Crippen LogP contribution in [0.5, 0.6) is 0 Å². The topological polar surface area (TPSA) is 93.0 Å². The Morgan fingerprint density at radius 1 is 1.22 bits per heavy atom. The van der Waals surface area contributed by atoms with Crippen LogP contribution in [-0.2, 0) is 11.3 Å². The Morgan fingerprint density at radius 2 is 1.91 bits per heavy atom. The minimum atomic E-state index is -0.324. The quantitative estimate of drug-likeness (QED) is 0.887. The third kappa shape index (κ3) is 3.71. The van der Waals surface area contributed by atoms with Gasteiger partial charge in [-0.1, -0.05) is 0 Å². The summed E-state index contributed by atoms with van der Waals surface area (Å²) in [5, 5.41) is 2.68. The first-order valence-corrected chi connectivity index (χ1v) is 7.52. The molecule has 3 rings (SSSR count). The summed E-state index contributed by atoms with van der Waals surface area (Å²) in [6.45, 7) is 3.56. The van der Waals surface area contributed by atoms with Crippen LogP contribution in [0.25, 0.3) is 0 Å². The van der Waals surface area contributed by atoms with Gasteiger partial charge in [-0.05, 0) is 19.8 Å². The summed E-state index contributed by atoms with van der Waals surface area (Å²) in [7, 11) is 0. The molecular weight excluding hydrogens is 296 g/mol. The molecule has 1 aliphatic rings. The van der Waals surface area contributed by atoms with Gasteiger partial charge >= 0.3 is 0 Å². The lowest BCUT2D eigenvalue weighted by molar-refractivity contribution is -0.116. The average molecular weight is 314 g/mol. The third-order valence-corrected chi connectivity index (χ3v) is 3.64. The van der Waals surface area contributed by atoms with Crippen molar-refractivity contribution < 1.29 is 4.79 Å². The average Bonchev–Trinajstić information content (AvgIpc) is 3.05. The first-order chi connectivity index (χ1) is 11.1. The van der Waals surface area contributed by atoms with E-state index in [1.165, 1.54) is 17.0 Å². The Morgan fingerprint density at radius 3 is 2.57 bits per heavy atom. The van der Waals surface area contributed by atoms with Crippen molar-refractivity contribution in [2.24, 2.45) is 0 Å². The molecule has 3 heterocycles. The van der Waals surface area contributed by atoms with Crippen LogP contribution in [0.2, 0.25) is 0 Å². The molecule has 1 fully saturated rings. The molecule has 0 aliphatic carbocycles. The van der Waals surface area contributed by atoms with E-state index in [9.17, 15) is 9.59 Å². The zero-order chi connectivity index (χ0) is 16.2. The van der Waals surface area contributed by atoms with Gasteiger partial charge in [-0.2, -0.15) is 0 Å². The fraction of sp³-hybridized carbons (Fsp3) is 0.400.